The molecule has 1 fully saturated rings. The van der Waals surface area contributed by atoms with Crippen LogP contribution in [0.2, 0.25) is 5.02 Å². The molecule has 1 nitrogen and oxygen atoms in total. The summed E-state index contributed by atoms with van der Waals surface area (Å²) in [5, 5.41) is 0.739. The van der Waals surface area contributed by atoms with Crippen LogP contribution in [0.1, 0.15) is 5.56 Å². The first kappa shape index (κ1) is 7.67. The summed E-state index contributed by atoms with van der Waals surface area (Å²) in [6.45, 7) is 0.778. The molecule has 2 rings (SSSR count). The van der Waals surface area contributed by atoms with Crippen LogP contribution in [0.5, 0.6) is 0 Å². The molecule has 1 aliphatic heterocycles. The van der Waals surface area contributed by atoms with Gasteiger partial charge in [0.05, 0.1) is 6.61 Å². The second-order valence-corrected chi connectivity index (χ2v) is 3.03. The van der Waals surface area contributed by atoms with Gasteiger partial charge in [-0.2, -0.15) is 0 Å². The Morgan fingerprint density at radius 3 is 2.58 bits per heavy atom. The molecule has 0 N–H and O–H groups in total. The summed E-state index contributed by atoms with van der Waals surface area (Å²) in [6, 6.07) is 7.47. The molecule has 12 heavy (non-hydrogen) atoms. The lowest BCUT2D eigenvalue weighted by Crippen LogP contribution is -1.77. The SMILES string of the molecule is Clc1ccc(C#CC2CO2)cc1. The number of rotatable bonds is 0. The maximum Gasteiger partial charge on any atom is 0.142 e. The number of halogens is 1. The van der Waals surface area contributed by atoms with E-state index in [1.54, 1.807) is 0 Å². The topological polar surface area (TPSA) is 12.5 Å². The van der Waals surface area contributed by atoms with E-state index in [2.05, 4.69) is 11.8 Å². The number of epoxide rings is 1. The predicted molar refractivity (Wildman–Crippen MR) is 48.1 cm³/mol. The summed E-state index contributed by atoms with van der Waals surface area (Å²) >= 11 is 5.71. The number of hydrogen-bond donors (Lipinski definition) is 0. The van der Waals surface area contributed by atoms with Crippen molar-refractivity contribution in [3.8, 4) is 11.8 Å². The van der Waals surface area contributed by atoms with Crippen molar-refractivity contribution in [1.82, 2.24) is 0 Å². The monoisotopic (exact) mass is 178 g/mol. The molecule has 0 bridgehead atoms. The van der Waals surface area contributed by atoms with Crippen LogP contribution in [-0.2, 0) is 4.74 Å². The fourth-order valence-electron chi connectivity index (χ4n) is 0.828. The largest absolute Gasteiger partial charge is 0.359 e. The Morgan fingerprint density at radius 1 is 1.33 bits per heavy atom. The Kier molecular flexibility index (Phi) is 2.03. The third-order valence-electron chi connectivity index (χ3n) is 1.56. The lowest BCUT2D eigenvalue weighted by molar-refractivity contribution is 0.445. The normalized spacial score (nSPS) is 19.6. The van der Waals surface area contributed by atoms with Gasteiger partial charge >= 0.3 is 0 Å². The van der Waals surface area contributed by atoms with Crippen molar-refractivity contribution in [2.75, 3.05) is 6.61 Å². The van der Waals surface area contributed by atoms with Gasteiger partial charge in [-0.25, -0.2) is 0 Å². The molecule has 2 heteroatoms. The number of hydrogen-bond acceptors (Lipinski definition) is 1. The molecule has 1 atom stereocenters. The Morgan fingerprint density at radius 2 is 2.00 bits per heavy atom. The molecular weight excluding hydrogens is 172 g/mol. The van der Waals surface area contributed by atoms with Gasteiger partial charge in [0.2, 0.25) is 0 Å². The van der Waals surface area contributed by atoms with Crippen LogP contribution in [0.25, 0.3) is 0 Å². The second kappa shape index (κ2) is 3.18. The highest BCUT2D eigenvalue weighted by Gasteiger charge is 2.18. The Labute approximate surface area is 76.3 Å². The molecular formula is C10H7ClO. The van der Waals surface area contributed by atoms with Crippen molar-refractivity contribution in [2.45, 2.75) is 6.10 Å². The zero-order chi connectivity index (χ0) is 8.39. The van der Waals surface area contributed by atoms with Crippen LogP contribution in [0, 0.1) is 11.8 Å². The van der Waals surface area contributed by atoms with Gasteiger partial charge in [-0.15, -0.1) is 0 Å². The lowest BCUT2D eigenvalue weighted by atomic mass is 10.2. The molecule has 0 aromatic heterocycles. The van der Waals surface area contributed by atoms with Crippen LogP contribution in [0.15, 0.2) is 24.3 Å². The highest BCUT2D eigenvalue weighted by atomic mass is 35.5. The maximum absolute atomic E-state index is 5.71. The summed E-state index contributed by atoms with van der Waals surface area (Å²) in [5.74, 6) is 5.98. The molecule has 1 aromatic rings. The van der Waals surface area contributed by atoms with Crippen LogP contribution >= 0.6 is 11.6 Å². The highest BCUT2D eigenvalue weighted by molar-refractivity contribution is 6.30. The number of benzene rings is 1. The van der Waals surface area contributed by atoms with Crippen molar-refractivity contribution in [3.05, 3.63) is 34.9 Å². The molecule has 0 radical (unpaired) electrons. The standard InChI is InChI=1S/C10H7ClO/c11-9-4-1-8(2-5-9)3-6-10-7-12-10/h1-2,4-5,10H,7H2. The molecule has 60 valence electrons. The summed E-state index contributed by atoms with van der Waals surface area (Å²) in [5.41, 5.74) is 0.981. The molecule has 0 spiro atoms. The Hall–Kier alpha value is -0.970. The van der Waals surface area contributed by atoms with Gasteiger partial charge in [-0.3, -0.25) is 0 Å². The van der Waals surface area contributed by atoms with Crippen molar-refractivity contribution in [3.63, 3.8) is 0 Å². The first-order valence-corrected chi connectivity index (χ1v) is 4.11. The third kappa shape index (κ3) is 2.01. The van der Waals surface area contributed by atoms with E-state index in [0.717, 1.165) is 17.2 Å². The quantitative estimate of drug-likeness (QED) is 0.438. The number of ether oxygens (including phenoxy) is 1. The summed E-state index contributed by atoms with van der Waals surface area (Å²) in [7, 11) is 0. The van der Waals surface area contributed by atoms with Crippen molar-refractivity contribution < 1.29 is 4.74 Å². The summed E-state index contributed by atoms with van der Waals surface area (Å²) in [6.07, 6.45) is 0.167. The Bertz CT molecular complexity index is 327. The minimum atomic E-state index is 0.167. The molecule has 1 aromatic carbocycles. The average molecular weight is 179 g/mol. The van der Waals surface area contributed by atoms with Crippen molar-refractivity contribution in [2.24, 2.45) is 0 Å². The minimum absolute atomic E-state index is 0.167. The van der Waals surface area contributed by atoms with E-state index in [4.69, 9.17) is 16.3 Å². The van der Waals surface area contributed by atoms with Gasteiger partial charge in [0.25, 0.3) is 0 Å². The van der Waals surface area contributed by atoms with E-state index in [0.29, 0.717) is 0 Å². The zero-order valence-corrected chi connectivity index (χ0v) is 7.14. The van der Waals surface area contributed by atoms with Gasteiger partial charge in [0.15, 0.2) is 0 Å². The highest BCUT2D eigenvalue weighted by Crippen LogP contribution is 2.10. The third-order valence-corrected chi connectivity index (χ3v) is 1.81. The van der Waals surface area contributed by atoms with Gasteiger partial charge in [-0.05, 0) is 24.3 Å². The van der Waals surface area contributed by atoms with Crippen LogP contribution in [0.3, 0.4) is 0 Å². The fraction of sp³-hybridized carbons (Fsp3) is 0.200. The van der Waals surface area contributed by atoms with E-state index < -0.39 is 0 Å². The molecule has 0 aliphatic carbocycles. The fourth-order valence-corrected chi connectivity index (χ4v) is 0.954. The van der Waals surface area contributed by atoms with Crippen LogP contribution in [0.4, 0.5) is 0 Å². The summed E-state index contributed by atoms with van der Waals surface area (Å²) in [4.78, 5) is 0. The van der Waals surface area contributed by atoms with E-state index in [-0.39, 0.29) is 6.10 Å². The van der Waals surface area contributed by atoms with Crippen LogP contribution in [-0.4, -0.2) is 12.7 Å². The maximum atomic E-state index is 5.71. The first-order chi connectivity index (χ1) is 5.84. The van der Waals surface area contributed by atoms with E-state index in [1.807, 2.05) is 24.3 Å². The van der Waals surface area contributed by atoms with E-state index in [9.17, 15) is 0 Å². The minimum Gasteiger partial charge on any atom is -0.359 e. The second-order valence-electron chi connectivity index (χ2n) is 2.60. The average Bonchev–Trinajstić information content (AvgIpc) is 2.87. The molecule has 1 unspecified atom stereocenters. The van der Waals surface area contributed by atoms with Gasteiger partial charge in [-0.1, -0.05) is 23.4 Å². The van der Waals surface area contributed by atoms with Gasteiger partial charge < -0.3 is 4.74 Å². The molecule has 1 heterocycles. The zero-order valence-electron chi connectivity index (χ0n) is 6.38. The first-order valence-electron chi connectivity index (χ1n) is 3.73. The summed E-state index contributed by atoms with van der Waals surface area (Å²) < 4.78 is 4.95. The molecule has 1 aliphatic rings. The molecule has 0 saturated carbocycles. The van der Waals surface area contributed by atoms with Gasteiger partial charge in [0.1, 0.15) is 6.10 Å². The molecule has 0 amide bonds. The Balaban J connectivity index is 2.13. The van der Waals surface area contributed by atoms with Crippen LogP contribution < -0.4 is 0 Å². The molecule has 1 saturated heterocycles. The van der Waals surface area contributed by atoms with E-state index >= 15 is 0 Å². The predicted octanol–water partition coefficient (Wildman–Crippen LogP) is 2.09. The lowest BCUT2D eigenvalue weighted by Gasteiger charge is -1.88. The van der Waals surface area contributed by atoms with E-state index in [1.165, 1.54) is 0 Å². The van der Waals surface area contributed by atoms with Crippen molar-refractivity contribution in [1.29, 1.82) is 0 Å². The van der Waals surface area contributed by atoms with Gasteiger partial charge in [0, 0.05) is 10.6 Å². The van der Waals surface area contributed by atoms with Crippen molar-refractivity contribution >= 4 is 11.6 Å². The smallest absolute Gasteiger partial charge is 0.142 e.